The van der Waals surface area contributed by atoms with Gasteiger partial charge in [-0.2, -0.15) is 0 Å². The molecule has 0 spiro atoms. The van der Waals surface area contributed by atoms with Gasteiger partial charge in [-0.05, 0) is 0 Å². The van der Waals surface area contributed by atoms with E-state index in [1.807, 2.05) is 0 Å². The summed E-state index contributed by atoms with van der Waals surface area (Å²) in [5, 5.41) is 8.40. The number of nitrogen functional groups attached to an aromatic ring is 2. The van der Waals surface area contributed by atoms with E-state index < -0.39 is 0 Å². The van der Waals surface area contributed by atoms with Crippen LogP contribution in [0.15, 0.2) is 34.5 Å². The van der Waals surface area contributed by atoms with E-state index in [-0.39, 0.29) is 0 Å². The Morgan fingerprint density at radius 3 is 1.21 bits per heavy atom. The Balaban J connectivity index is 2.47. The van der Waals surface area contributed by atoms with Gasteiger partial charge >= 0.3 is 0 Å². The molecular weight excluding hydrogens is 312 g/mol. The van der Waals surface area contributed by atoms with Crippen molar-refractivity contribution in [2.75, 3.05) is 39.9 Å². The lowest BCUT2D eigenvalue weighted by Gasteiger charge is -2.10. The monoisotopic (exact) mass is 332 g/mol. The average molecular weight is 332 g/mol. The van der Waals surface area contributed by atoms with Crippen LogP contribution in [0.3, 0.4) is 0 Å². The molecule has 0 unspecified atom stereocenters. The van der Waals surface area contributed by atoms with Crippen LogP contribution >= 0.6 is 0 Å². The van der Waals surface area contributed by atoms with Crippen molar-refractivity contribution in [3.63, 3.8) is 0 Å². The number of anilines is 2. The van der Waals surface area contributed by atoms with Gasteiger partial charge in [0.05, 0.1) is 39.8 Å². The number of hydrogen-bond donors (Lipinski definition) is 2. The molecule has 0 saturated heterocycles. The smallest absolute Gasteiger partial charge is 0.148 e. The van der Waals surface area contributed by atoms with Gasteiger partial charge in [-0.15, -0.1) is 10.2 Å². The number of azo groups is 1. The molecular formula is C16H20N4O4. The van der Waals surface area contributed by atoms with Crippen molar-refractivity contribution < 1.29 is 18.9 Å². The molecule has 0 aliphatic carbocycles. The standard InChI is InChI=1S/C16H20N4O4/c1-21-13-7-11(15(23-3)5-9(13)17)19-20-12-8-14(22-2)10(18)6-16(12)24-4/h5-8H,17-18H2,1-4H3/b20-19+. The first kappa shape index (κ1) is 17.2. The molecule has 2 aromatic carbocycles. The second kappa shape index (κ2) is 7.40. The molecule has 0 aliphatic heterocycles. The Morgan fingerprint density at radius 2 is 0.917 bits per heavy atom. The van der Waals surface area contributed by atoms with Crippen molar-refractivity contribution in [2.45, 2.75) is 0 Å². The summed E-state index contributed by atoms with van der Waals surface area (Å²) in [6, 6.07) is 6.51. The molecule has 128 valence electrons. The van der Waals surface area contributed by atoms with Gasteiger partial charge in [0.2, 0.25) is 0 Å². The Labute approximate surface area is 140 Å². The summed E-state index contributed by atoms with van der Waals surface area (Å²) >= 11 is 0. The fourth-order valence-electron chi connectivity index (χ4n) is 2.07. The Kier molecular flexibility index (Phi) is 5.31. The molecule has 0 fully saturated rings. The molecule has 0 radical (unpaired) electrons. The maximum Gasteiger partial charge on any atom is 0.148 e. The molecule has 0 aromatic heterocycles. The van der Waals surface area contributed by atoms with Gasteiger partial charge in [0, 0.05) is 24.3 Å². The summed E-state index contributed by atoms with van der Waals surface area (Å²) in [6.45, 7) is 0. The first-order valence-corrected chi connectivity index (χ1v) is 6.98. The number of hydrogen-bond acceptors (Lipinski definition) is 8. The molecule has 0 amide bonds. The molecule has 4 N–H and O–H groups in total. The predicted octanol–water partition coefficient (Wildman–Crippen LogP) is 3.30. The number of rotatable bonds is 6. The van der Waals surface area contributed by atoms with Crippen molar-refractivity contribution in [3.8, 4) is 23.0 Å². The van der Waals surface area contributed by atoms with Crippen molar-refractivity contribution in [3.05, 3.63) is 24.3 Å². The van der Waals surface area contributed by atoms with Gasteiger partial charge in [-0.3, -0.25) is 0 Å². The van der Waals surface area contributed by atoms with E-state index in [4.69, 9.17) is 30.4 Å². The summed E-state index contributed by atoms with van der Waals surface area (Å²) < 4.78 is 20.9. The van der Waals surface area contributed by atoms with E-state index in [9.17, 15) is 0 Å². The van der Waals surface area contributed by atoms with E-state index >= 15 is 0 Å². The van der Waals surface area contributed by atoms with Gasteiger partial charge in [0.1, 0.15) is 34.4 Å². The lowest BCUT2D eigenvalue weighted by Crippen LogP contribution is -1.94. The molecule has 8 nitrogen and oxygen atoms in total. The Bertz CT molecular complexity index is 699. The Hall–Kier alpha value is -3.16. The van der Waals surface area contributed by atoms with Gasteiger partial charge in [-0.1, -0.05) is 0 Å². The van der Waals surface area contributed by atoms with Crippen molar-refractivity contribution in [1.82, 2.24) is 0 Å². The molecule has 2 aromatic rings. The number of nitrogens with two attached hydrogens (primary N) is 2. The molecule has 0 aliphatic rings. The highest BCUT2D eigenvalue weighted by atomic mass is 16.5. The fraction of sp³-hybridized carbons (Fsp3) is 0.250. The van der Waals surface area contributed by atoms with E-state index in [1.165, 1.54) is 28.4 Å². The third-order valence-electron chi connectivity index (χ3n) is 3.33. The molecule has 24 heavy (non-hydrogen) atoms. The summed E-state index contributed by atoms with van der Waals surface area (Å²) in [6.07, 6.45) is 0. The zero-order valence-electron chi connectivity index (χ0n) is 14.0. The zero-order chi connectivity index (χ0) is 17.7. The molecule has 0 atom stereocenters. The van der Waals surface area contributed by atoms with Crippen LogP contribution in [-0.2, 0) is 0 Å². The predicted molar refractivity (Wildman–Crippen MR) is 92.1 cm³/mol. The highest BCUT2D eigenvalue weighted by Gasteiger charge is 2.11. The maximum absolute atomic E-state index is 5.86. The number of nitrogens with zero attached hydrogens (tertiary/aromatic N) is 2. The summed E-state index contributed by atoms with van der Waals surface area (Å²) in [5.41, 5.74) is 13.5. The van der Waals surface area contributed by atoms with Crippen molar-refractivity contribution >= 4 is 22.7 Å². The van der Waals surface area contributed by atoms with Crippen LogP contribution in [0.2, 0.25) is 0 Å². The van der Waals surface area contributed by atoms with E-state index in [0.29, 0.717) is 45.7 Å². The van der Waals surface area contributed by atoms with Crippen LogP contribution in [0.5, 0.6) is 23.0 Å². The molecule has 0 bridgehead atoms. The van der Waals surface area contributed by atoms with Crippen LogP contribution in [0.25, 0.3) is 0 Å². The van der Waals surface area contributed by atoms with Crippen LogP contribution in [0.1, 0.15) is 0 Å². The SMILES string of the molecule is COc1cc(/N=N/c2cc(OC)c(N)cc2OC)c(OC)cc1N. The van der Waals surface area contributed by atoms with E-state index in [0.717, 1.165) is 0 Å². The topological polar surface area (TPSA) is 114 Å². The second-order valence-corrected chi connectivity index (χ2v) is 4.73. The van der Waals surface area contributed by atoms with Gasteiger partial charge in [-0.25, -0.2) is 0 Å². The number of benzene rings is 2. The van der Waals surface area contributed by atoms with E-state index in [2.05, 4.69) is 10.2 Å². The molecule has 0 saturated carbocycles. The normalized spacial score (nSPS) is 10.7. The largest absolute Gasteiger partial charge is 0.495 e. The minimum atomic E-state index is 0.444. The van der Waals surface area contributed by atoms with Gasteiger partial charge < -0.3 is 30.4 Å². The first-order chi connectivity index (χ1) is 11.5. The number of methoxy groups -OCH3 is 4. The van der Waals surface area contributed by atoms with Crippen molar-refractivity contribution in [2.24, 2.45) is 10.2 Å². The fourth-order valence-corrected chi connectivity index (χ4v) is 2.07. The minimum Gasteiger partial charge on any atom is -0.495 e. The third-order valence-corrected chi connectivity index (χ3v) is 3.33. The van der Waals surface area contributed by atoms with E-state index in [1.54, 1.807) is 24.3 Å². The highest BCUT2D eigenvalue weighted by Crippen LogP contribution is 2.40. The summed E-state index contributed by atoms with van der Waals surface area (Å²) in [7, 11) is 6.08. The summed E-state index contributed by atoms with van der Waals surface area (Å²) in [4.78, 5) is 0. The lowest BCUT2D eigenvalue weighted by atomic mass is 10.2. The van der Waals surface area contributed by atoms with Crippen molar-refractivity contribution in [1.29, 1.82) is 0 Å². The number of ether oxygens (including phenoxy) is 4. The van der Waals surface area contributed by atoms with Crippen LogP contribution < -0.4 is 30.4 Å². The van der Waals surface area contributed by atoms with Gasteiger partial charge in [0.25, 0.3) is 0 Å². The third kappa shape index (κ3) is 3.43. The quantitative estimate of drug-likeness (QED) is 0.619. The molecule has 2 rings (SSSR count). The Morgan fingerprint density at radius 1 is 0.583 bits per heavy atom. The van der Waals surface area contributed by atoms with Gasteiger partial charge in [0.15, 0.2) is 0 Å². The van der Waals surface area contributed by atoms with Crippen LogP contribution in [0.4, 0.5) is 22.7 Å². The maximum atomic E-state index is 5.86. The molecule has 0 heterocycles. The lowest BCUT2D eigenvalue weighted by molar-refractivity contribution is 0.404. The minimum absolute atomic E-state index is 0.444. The summed E-state index contributed by atoms with van der Waals surface area (Å²) in [5.74, 6) is 1.90. The average Bonchev–Trinajstić information content (AvgIpc) is 2.60. The second-order valence-electron chi connectivity index (χ2n) is 4.73. The van der Waals surface area contributed by atoms with Crippen LogP contribution in [-0.4, -0.2) is 28.4 Å². The molecule has 8 heteroatoms. The highest BCUT2D eigenvalue weighted by molar-refractivity contribution is 5.69. The zero-order valence-corrected chi connectivity index (χ0v) is 14.0. The van der Waals surface area contributed by atoms with Crippen LogP contribution in [0, 0.1) is 0 Å². The first-order valence-electron chi connectivity index (χ1n) is 6.98.